The predicted octanol–water partition coefficient (Wildman–Crippen LogP) is 2.25. The monoisotopic (exact) mass is 297 g/mol. The van der Waals surface area contributed by atoms with Gasteiger partial charge in [-0.3, -0.25) is 4.79 Å². The Morgan fingerprint density at radius 1 is 1.33 bits per heavy atom. The van der Waals surface area contributed by atoms with Crippen LogP contribution in [0.1, 0.15) is 53.4 Å². The van der Waals surface area contributed by atoms with Crippen molar-refractivity contribution in [1.29, 1.82) is 0 Å². The molecule has 0 aliphatic heterocycles. The van der Waals surface area contributed by atoms with Gasteiger partial charge in [0.05, 0.1) is 6.54 Å². The lowest BCUT2D eigenvalue weighted by molar-refractivity contribution is -0.121. The van der Waals surface area contributed by atoms with Gasteiger partial charge in [0.1, 0.15) is 0 Å². The summed E-state index contributed by atoms with van der Waals surface area (Å²) in [4.78, 5) is 14.3. The highest BCUT2D eigenvalue weighted by molar-refractivity contribution is 5.78. The summed E-state index contributed by atoms with van der Waals surface area (Å²) in [5, 5.41) is 6.44. The van der Waals surface area contributed by atoms with Crippen molar-refractivity contribution in [3.63, 3.8) is 0 Å². The molecule has 1 aliphatic rings. The molecule has 1 rings (SSSR count). The van der Waals surface area contributed by atoms with Crippen molar-refractivity contribution < 1.29 is 4.79 Å². The van der Waals surface area contributed by atoms with E-state index in [1.807, 2.05) is 0 Å². The number of carbonyl (C=O) groups is 1. The summed E-state index contributed by atoms with van der Waals surface area (Å²) in [7, 11) is 4.33. The van der Waals surface area contributed by atoms with Gasteiger partial charge in [0.2, 0.25) is 5.91 Å². The third-order valence-corrected chi connectivity index (χ3v) is 5.14. The first-order valence-corrected chi connectivity index (χ1v) is 8.44. The Kier molecular flexibility index (Phi) is 7.14. The molecular weight excluding hydrogens is 262 g/mol. The predicted molar refractivity (Wildman–Crippen MR) is 89.4 cm³/mol. The SMILES string of the molecule is CC1CCCC(CNCC(=O)NC(C)C(C)C)(N(C)C)C1. The molecule has 124 valence electrons. The molecule has 2 N–H and O–H groups in total. The van der Waals surface area contributed by atoms with Gasteiger partial charge in [-0.25, -0.2) is 0 Å². The lowest BCUT2D eigenvalue weighted by Gasteiger charge is -2.45. The van der Waals surface area contributed by atoms with Crippen molar-refractivity contribution in [2.75, 3.05) is 27.2 Å². The second-order valence-electron chi connectivity index (χ2n) is 7.52. The minimum absolute atomic E-state index is 0.106. The zero-order valence-corrected chi connectivity index (χ0v) is 14.8. The fraction of sp³-hybridized carbons (Fsp3) is 0.941. The molecule has 3 unspecified atom stereocenters. The van der Waals surface area contributed by atoms with Crippen LogP contribution in [0.3, 0.4) is 0 Å². The summed E-state index contributed by atoms with van der Waals surface area (Å²) in [5.74, 6) is 1.35. The van der Waals surface area contributed by atoms with E-state index in [2.05, 4.69) is 57.3 Å². The summed E-state index contributed by atoms with van der Waals surface area (Å²) in [6.45, 7) is 9.97. The van der Waals surface area contributed by atoms with Crippen LogP contribution >= 0.6 is 0 Å². The van der Waals surface area contributed by atoms with Gasteiger partial charge in [-0.1, -0.05) is 33.6 Å². The van der Waals surface area contributed by atoms with E-state index in [-0.39, 0.29) is 17.5 Å². The van der Waals surface area contributed by atoms with Gasteiger partial charge in [-0.15, -0.1) is 0 Å². The molecule has 1 amide bonds. The highest BCUT2D eigenvalue weighted by atomic mass is 16.1. The highest BCUT2D eigenvalue weighted by Gasteiger charge is 2.36. The number of amides is 1. The van der Waals surface area contributed by atoms with Crippen LogP contribution in [0.5, 0.6) is 0 Å². The van der Waals surface area contributed by atoms with Gasteiger partial charge in [0.15, 0.2) is 0 Å². The molecule has 0 saturated heterocycles. The topological polar surface area (TPSA) is 44.4 Å². The Morgan fingerprint density at radius 2 is 2.00 bits per heavy atom. The summed E-state index contributed by atoms with van der Waals surface area (Å²) in [6, 6.07) is 0.233. The molecule has 21 heavy (non-hydrogen) atoms. The fourth-order valence-corrected chi connectivity index (χ4v) is 3.24. The fourth-order valence-electron chi connectivity index (χ4n) is 3.24. The molecular formula is C17H35N3O. The maximum atomic E-state index is 12.0. The number of hydrogen-bond acceptors (Lipinski definition) is 3. The van der Waals surface area contributed by atoms with Crippen molar-refractivity contribution in [2.24, 2.45) is 11.8 Å². The van der Waals surface area contributed by atoms with Crippen molar-refractivity contribution >= 4 is 5.91 Å². The first-order valence-electron chi connectivity index (χ1n) is 8.44. The van der Waals surface area contributed by atoms with E-state index in [9.17, 15) is 4.79 Å². The first-order chi connectivity index (χ1) is 9.77. The van der Waals surface area contributed by atoms with E-state index >= 15 is 0 Å². The molecule has 0 aromatic heterocycles. The minimum atomic E-state index is 0.106. The van der Waals surface area contributed by atoms with Crippen molar-refractivity contribution in [1.82, 2.24) is 15.5 Å². The molecule has 0 bridgehead atoms. The lowest BCUT2D eigenvalue weighted by atomic mass is 9.75. The Hall–Kier alpha value is -0.610. The number of likely N-dealkylation sites (N-methyl/N-ethyl adjacent to an activating group) is 1. The van der Waals surface area contributed by atoms with Crippen LogP contribution in [0.25, 0.3) is 0 Å². The van der Waals surface area contributed by atoms with Crippen LogP contribution < -0.4 is 10.6 Å². The average Bonchev–Trinajstić information content (AvgIpc) is 2.38. The standard InChI is InChI=1S/C17H35N3O/c1-13(2)15(4)19-16(21)11-18-12-17(20(5)6)9-7-8-14(3)10-17/h13-15,18H,7-12H2,1-6H3,(H,19,21). The number of nitrogens with zero attached hydrogens (tertiary/aromatic N) is 1. The quantitative estimate of drug-likeness (QED) is 0.757. The number of nitrogens with one attached hydrogen (secondary N) is 2. The molecule has 4 nitrogen and oxygen atoms in total. The lowest BCUT2D eigenvalue weighted by Crippen LogP contribution is -2.55. The van der Waals surface area contributed by atoms with Gasteiger partial charge in [-0.2, -0.15) is 0 Å². The van der Waals surface area contributed by atoms with Crippen molar-refractivity contribution in [3.8, 4) is 0 Å². The van der Waals surface area contributed by atoms with Gasteiger partial charge in [-0.05, 0) is 45.7 Å². The van der Waals surface area contributed by atoms with E-state index < -0.39 is 0 Å². The Bertz CT molecular complexity index is 330. The van der Waals surface area contributed by atoms with Crippen LogP contribution in [-0.4, -0.2) is 49.6 Å². The molecule has 4 heteroatoms. The third kappa shape index (κ3) is 5.59. The van der Waals surface area contributed by atoms with Gasteiger partial charge in [0, 0.05) is 18.1 Å². The van der Waals surface area contributed by atoms with Gasteiger partial charge >= 0.3 is 0 Å². The largest absolute Gasteiger partial charge is 0.352 e. The minimum Gasteiger partial charge on any atom is -0.352 e. The zero-order chi connectivity index (χ0) is 16.0. The van der Waals surface area contributed by atoms with E-state index in [4.69, 9.17) is 0 Å². The molecule has 1 aliphatic carbocycles. The molecule has 0 radical (unpaired) electrons. The normalized spacial score (nSPS) is 27.9. The average molecular weight is 297 g/mol. The maximum absolute atomic E-state index is 12.0. The van der Waals surface area contributed by atoms with Crippen LogP contribution in [0.15, 0.2) is 0 Å². The van der Waals surface area contributed by atoms with E-state index in [0.717, 1.165) is 12.5 Å². The Balaban J connectivity index is 2.42. The summed E-state index contributed by atoms with van der Waals surface area (Å²) in [6.07, 6.45) is 5.07. The summed E-state index contributed by atoms with van der Waals surface area (Å²) < 4.78 is 0. The van der Waals surface area contributed by atoms with Crippen LogP contribution in [0.2, 0.25) is 0 Å². The van der Waals surface area contributed by atoms with E-state index in [1.54, 1.807) is 0 Å². The number of rotatable bonds is 7. The second kappa shape index (κ2) is 8.14. The van der Waals surface area contributed by atoms with Gasteiger partial charge in [0.25, 0.3) is 0 Å². The number of hydrogen-bond donors (Lipinski definition) is 2. The molecule has 0 aromatic carbocycles. The van der Waals surface area contributed by atoms with E-state index in [1.165, 1.54) is 25.7 Å². The first kappa shape index (κ1) is 18.4. The maximum Gasteiger partial charge on any atom is 0.234 e. The van der Waals surface area contributed by atoms with E-state index in [0.29, 0.717) is 12.5 Å². The molecule has 0 aromatic rings. The Morgan fingerprint density at radius 3 is 2.52 bits per heavy atom. The van der Waals surface area contributed by atoms with Crippen LogP contribution in [-0.2, 0) is 4.79 Å². The van der Waals surface area contributed by atoms with Gasteiger partial charge < -0.3 is 15.5 Å². The molecule has 1 fully saturated rings. The molecule has 0 spiro atoms. The Labute approximate surface area is 131 Å². The zero-order valence-electron chi connectivity index (χ0n) is 14.8. The number of carbonyl (C=O) groups excluding carboxylic acids is 1. The highest BCUT2D eigenvalue weighted by Crippen LogP contribution is 2.35. The molecule has 0 heterocycles. The molecule has 3 atom stereocenters. The summed E-state index contributed by atoms with van der Waals surface area (Å²) in [5.41, 5.74) is 0.210. The molecule has 1 saturated carbocycles. The van der Waals surface area contributed by atoms with Crippen molar-refractivity contribution in [2.45, 2.75) is 65.0 Å². The third-order valence-electron chi connectivity index (χ3n) is 5.14. The van der Waals surface area contributed by atoms with Crippen molar-refractivity contribution in [3.05, 3.63) is 0 Å². The summed E-state index contributed by atoms with van der Waals surface area (Å²) >= 11 is 0. The smallest absolute Gasteiger partial charge is 0.234 e. The second-order valence-corrected chi connectivity index (χ2v) is 7.52. The van der Waals surface area contributed by atoms with Crippen LogP contribution in [0, 0.1) is 11.8 Å². The van der Waals surface area contributed by atoms with Crippen LogP contribution in [0.4, 0.5) is 0 Å².